The molecule has 2 unspecified atom stereocenters. The molecule has 194 valence electrons. The zero-order valence-corrected chi connectivity index (χ0v) is 22.6. The van der Waals surface area contributed by atoms with Crippen LogP contribution in [0.25, 0.3) is 22.0 Å². The number of aliphatic hydroxyl groups excluding tert-OH is 1. The number of rotatable bonds is 8. The molecule has 8 heteroatoms. The summed E-state index contributed by atoms with van der Waals surface area (Å²) in [7, 11) is 1.86. The Morgan fingerprint density at radius 2 is 1.74 bits per heavy atom. The van der Waals surface area contributed by atoms with Crippen LogP contribution in [0.15, 0.2) is 85.3 Å². The minimum absolute atomic E-state index is 0.456. The van der Waals surface area contributed by atoms with E-state index in [1.807, 2.05) is 72.3 Å². The summed E-state index contributed by atoms with van der Waals surface area (Å²) in [5, 5.41) is 27.4. The molecule has 38 heavy (non-hydrogen) atoms. The highest BCUT2D eigenvalue weighted by Gasteiger charge is 2.37. The maximum atomic E-state index is 12.4. The van der Waals surface area contributed by atoms with Crippen LogP contribution in [-0.2, 0) is 19.2 Å². The van der Waals surface area contributed by atoms with Crippen LogP contribution in [0.1, 0.15) is 29.4 Å². The first kappa shape index (κ1) is 26.4. The second-order valence-corrected chi connectivity index (χ2v) is 10.4. The molecule has 2 aromatic heterocycles. The maximum absolute atomic E-state index is 12.4. The van der Waals surface area contributed by atoms with Gasteiger partial charge < -0.3 is 20.1 Å². The molecule has 0 fully saturated rings. The minimum Gasteiger partial charge on any atom is -0.392 e. The van der Waals surface area contributed by atoms with Gasteiger partial charge in [0.1, 0.15) is 0 Å². The molecule has 0 amide bonds. The Bertz CT molecular complexity index is 1580. The number of pyridine rings is 1. The summed E-state index contributed by atoms with van der Waals surface area (Å²) in [6, 6.07) is 22.7. The van der Waals surface area contributed by atoms with Crippen LogP contribution in [0, 0.1) is 0 Å². The van der Waals surface area contributed by atoms with E-state index in [4.69, 9.17) is 28.2 Å². The predicted octanol–water partition coefficient (Wildman–Crippen LogP) is 5.70. The van der Waals surface area contributed by atoms with Crippen molar-refractivity contribution >= 4 is 34.1 Å². The number of hydrogen-bond acceptors (Lipinski definition) is 5. The van der Waals surface area contributed by atoms with Crippen LogP contribution in [0.4, 0.5) is 0 Å². The standard InChI is InChI=1S/C30H28Cl2N4O2/c1-19(37)15-33-16-25-14-26(20-4-3-5-24(32)12-20)27-13-22(8-11-28(27)35-25)30(38,29-17-34-18-36(29)2)21-6-9-23(31)10-7-21/h3-14,17-19,33,37-38H,15-16H2,1-2H3. The molecule has 0 spiro atoms. The van der Waals surface area contributed by atoms with Crippen LogP contribution >= 0.6 is 23.2 Å². The monoisotopic (exact) mass is 546 g/mol. The van der Waals surface area contributed by atoms with Crippen molar-refractivity contribution in [3.63, 3.8) is 0 Å². The van der Waals surface area contributed by atoms with Gasteiger partial charge in [0.15, 0.2) is 5.60 Å². The van der Waals surface area contributed by atoms with Gasteiger partial charge >= 0.3 is 0 Å². The quantitative estimate of drug-likeness (QED) is 0.232. The minimum atomic E-state index is -1.49. The predicted molar refractivity (Wildman–Crippen MR) is 152 cm³/mol. The third kappa shape index (κ3) is 5.19. The molecule has 0 saturated heterocycles. The number of nitrogens with one attached hydrogen (secondary N) is 1. The summed E-state index contributed by atoms with van der Waals surface area (Å²) in [6.07, 6.45) is 2.89. The molecule has 6 nitrogen and oxygen atoms in total. The summed E-state index contributed by atoms with van der Waals surface area (Å²) in [4.78, 5) is 9.15. The highest BCUT2D eigenvalue weighted by atomic mass is 35.5. The zero-order chi connectivity index (χ0) is 26.9. The second kappa shape index (κ2) is 10.8. The average Bonchev–Trinajstić information content (AvgIpc) is 3.34. The van der Waals surface area contributed by atoms with E-state index in [1.54, 1.807) is 31.6 Å². The third-order valence-corrected chi connectivity index (χ3v) is 7.10. The molecule has 3 N–H and O–H groups in total. The Morgan fingerprint density at radius 1 is 0.974 bits per heavy atom. The van der Waals surface area contributed by atoms with E-state index in [0.717, 1.165) is 27.7 Å². The van der Waals surface area contributed by atoms with E-state index < -0.39 is 11.7 Å². The van der Waals surface area contributed by atoms with Gasteiger partial charge in [-0.25, -0.2) is 4.98 Å². The molecule has 3 aromatic carbocycles. The fraction of sp³-hybridized carbons (Fsp3) is 0.200. The van der Waals surface area contributed by atoms with Gasteiger partial charge in [-0.15, -0.1) is 0 Å². The van der Waals surface area contributed by atoms with Gasteiger partial charge in [-0.1, -0.05) is 53.5 Å². The van der Waals surface area contributed by atoms with E-state index >= 15 is 0 Å². The van der Waals surface area contributed by atoms with Crippen molar-refractivity contribution in [1.29, 1.82) is 0 Å². The molecule has 2 heterocycles. The van der Waals surface area contributed by atoms with Crippen LogP contribution in [0.2, 0.25) is 10.0 Å². The number of halogens is 2. The number of nitrogens with zero attached hydrogens (tertiary/aromatic N) is 3. The highest BCUT2D eigenvalue weighted by molar-refractivity contribution is 6.31. The Balaban J connectivity index is 1.72. The molecule has 5 rings (SSSR count). The van der Waals surface area contributed by atoms with E-state index in [-0.39, 0.29) is 0 Å². The summed E-state index contributed by atoms with van der Waals surface area (Å²) >= 11 is 12.5. The molecular formula is C30H28Cl2N4O2. The molecule has 0 radical (unpaired) electrons. The lowest BCUT2D eigenvalue weighted by molar-refractivity contribution is 0.117. The lowest BCUT2D eigenvalue weighted by Crippen LogP contribution is -2.31. The van der Waals surface area contributed by atoms with Crippen LogP contribution in [0.5, 0.6) is 0 Å². The van der Waals surface area contributed by atoms with Gasteiger partial charge in [0.2, 0.25) is 0 Å². The smallest absolute Gasteiger partial charge is 0.156 e. The van der Waals surface area contributed by atoms with Crippen molar-refractivity contribution in [2.24, 2.45) is 7.05 Å². The van der Waals surface area contributed by atoms with Crippen molar-refractivity contribution in [2.45, 2.75) is 25.2 Å². The Hall–Kier alpha value is -3.26. The van der Waals surface area contributed by atoms with E-state index in [2.05, 4.69) is 10.3 Å². The topological polar surface area (TPSA) is 83.2 Å². The lowest BCUT2D eigenvalue weighted by atomic mass is 9.82. The largest absolute Gasteiger partial charge is 0.392 e. The highest BCUT2D eigenvalue weighted by Crippen LogP contribution is 2.40. The number of aromatic nitrogens is 3. The molecular weight excluding hydrogens is 519 g/mol. The zero-order valence-electron chi connectivity index (χ0n) is 21.1. The molecule has 0 saturated carbocycles. The van der Waals surface area contributed by atoms with Crippen LogP contribution in [-0.4, -0.2) is 37.4 Å². The number of benzene rings is 3. The average molecular weight is 547 g/mol. The number of imidazole rings is 1. The number of fused-ring (bicyclic) bond motifs is 1. The van der Waals surface area contributed by atoms with Gasteiger partial charge in [-0.05, 0) is 71.6 Å². The van der Waals surface area contributed by atoms with E-state index in [0.29, 0.717) is 40.0 Å². The van der Waals surface area contributed by atoms with Crippen molar-refractivity contribution in [3.8, 4) is 11.1 Å². The Labute approximate surface area is 231 Å². The molecule has 0 aliphatic carbocycles. The van der Waals surface area contributed by atoms with Crippen molar-refractivity contribution in [2.75, 3.05) is 6.54 Å². The van der Waals surface area contributed by atoms with Crippen LogP contribution < -0.4 is 5.32 Å². The molecule has 0 aliphatic rings. The second-order valence-electron chi connectivity index (χ2n) is 9.49. The van der Waals surface area contributed by atoms with Crippen molar-refractivity contribution in [1.82, 2.24) is 19.9 Å². The first-order valence-electron chi connectivity index (χ1n) is 12.3. The fourth-order valence-electron chi connectivity index (χ4n) is 4.76. The molecule has 2 atom stereocenters. The molecule has 0 aliphatic heterocycles. The van der Waals surface area contributed by atoms with Crippen molar-refractivity contribution in [3.05, 3.63) is 118 Å². The summed E-state index contributed by atoms with van der Waals surface area (Å²) < 4.78 is 1.81. The Kier molecular flexibility index (Phi) is 7.52. The van der Waals surface area contributed by atoms with E-state index in [9.17, 15) is 10.2 Å². The third-order valence-electron chi connectivity index (χ3n) is 6.61. The lowest BCUT2D eigenvalue weighted by Gasteiger charge is -2.30. The van der Waals surface area contributed by atoms with Gasteiger partial charge in [-0.2, -0.15) is 0 Å². The van der Waals surface area contributed by atoms with E-state index in [1.165, 1.54) is 0 Å². The fourth-order valence-corrected chi connectivity index (χ4v) is 5.08. The number of aliphatic hydroxyl groups is 2. The van der Waals surface area contributed by atoms with Crippen molar-refractivity contribution < 1.29 is 10.2 Å². The maximum Gasteiger partial charge on any atom is 0.156 e. The summed E-state index contributed by atoms with van der Waals surface area (Å²) in [5.41, 5.74) is 3.96. The van der Waals surface area contributed by atoms with Crippen LogP contribution in [0.3, 0.4) is 0 Å². The first-order valence-corrected chi connectivity index (χ1v) is 13.1. The summed E-state index contributed by atoms with van der Waals surface area (Å²) in [6.45, 7) is 2.70. The van der Waals surface area contributed by atoms with Gasteiger partial charge in [0.05, 0.1) is 35.5 Å². The normalized spacial score (nSPS) is 13.9. The van der Waals surface area contributed by atoms with Gasteiger partial charge in [0.25, 0.3) is 0 Å². The Morgan fingerprint density at radius 3 is 2.42 bits per heavy atom. The first-order chi connectivity index (χ1) is 18.3. The number of hydrogen-bond donors (Lipinski definition) is 3. The number of aryl methyl sites for hydroxylation is 1. The van der Waals surface area contributed by atoms with Gasteiger partial charge in [0, 0.05) is 35.6 Å². The molecule has 0 bridgehead atoms. The molecule has 5 aromatic rings. The SMILES string of the molecule is CC(O)CNCc1cc(-c2cccc(Cl)c2)c2cc(C(O)(c3ccc(Cl)cc3)c3cncn3C)ccc2n1. The summed E-state index contributed by atoms with van der Waals surface area (Å²) in [5.74, 6) is 0. The van der Waals surface area contributed by atoms with Gasteiger partial charge in [-0.3, -0.25) is 4.98 Å².